The Morgan fingerprint density at radius 2 is 1.53 bits per heavy atom. The molecule has 1 N–H and O–H groups in total. The van der Waals surface area contributed by atoms with Crippen LogP contribution in [0.5, 0.6) is 0 Å². The third-order valence-corrected chi connectivity index (χ3v) is 7.87. The van der Waals surface area contributed by atoms with Gasteiger partial charge in [0.15, 0.2) is 5.78 Å². The SMILES string of the molecule is O=C(CCCN1CCN(C(c2ccccc2)c2ccc(Cl)cc2)CC1)c1ccc2c(c1)CCNCC2. The van der Waals surface area contributed by atoms with E-state index >= 15 is 0 Å². The van der Waals surface area contributed by atoms with Gasteiger partial charge in [0.25, 0.3) is 0 Å². The lowest BCUT2D eigenvalue weighted by atomic mass is 9.96. The highest BCUT2D eigenvalue weighted by Gasteiger charge is 2.26. The average molecular weight is 502 g/mol. The minimum atomic E-state index is 0.232. The van der Waals surface area contributed by atoms with Crippen LogP contribution < -0.4 is 5.32 Å². The van der Waals surface area contributed by atoms with Crippen molar-refractivity contribution in [2.45, 2.75) is 31.7 Å². The molecule has 0 saturated carbocycles. The van der Waals surface area contributed by atoms with Gasteiger partial charge in [-0.3, -0.25) is 9.69 Å². The van der Waals surface area contributed by atoms with E-state index in [2.05, 4.69) is 69.7 Å². The Bertz CT molecular complexity index is 1140. The molecule has 0 radical (unpaired) electrons. The van der Waals surface area contributed by atoms with Crippen LogP contribution in [0.4, 0.5) is 0 Å². The van der Waals surface area contributed by atoms with Gasteiger partial charge in [0.05, 0.1) is 6.04 Å². The van der Waals surface area contributed by atoms with Gasteiger partial charge in [-0.05, 0) is 79.3 Å². The predicted molar refractivity (Wildman–Crippen MR) is 148 cm³/mol. The van der Waals surface area contributed by atoms with E-state index in [-0.39, 0.29) is 11.8 Å². The summed E-state index contributed by atoms with van der Waals surface area (Å²) in [5.41, 5.74) is 6.21. The molecule has 36 heavy (non-hydrogen) atoms. The Morgan fingerprint density at radius 3 is 2.28 bits per heavy atom. The van der Waals surface area contributed by atoms with E-state index in [1.165, 1.54) is 22.3 Å². The summed E-state index contributed by atoms with van der Waals surface area (Å²) in [5.74, 6) is 0.278. The summed E-state index contributed by atoms with van der Waals surface area (Å²) in [6.07, 6.45) is 3.60. The number of ketones is 1. The van der Waals surface area contributed by atoms with Crippen molar-refractivity contribution >= 4 is 17.4 Å². The number of carbonyl (C=O) groups excluding carboxylic acids is 1. The van der Waals surface area contributed by atoms with Crippen LogP contribution in [0.25, 0.3) is 0 Å². The van der Waals surface area contributed by atoms with Crippen LogP contribution in [0.2, 0.25) is 5.02 Å². The number of rotatable bonds is 8. The van der Waals surface area contributed by atoms with Crippen LogP contribution in [-0.4, -0.2) is 61.4 Å². The number of carbonyl (C=O) groups is 1. The number of nitrogens with one attached hydrogen (secondary N) is 1. The van der Waals surface area contributed by atoms with E-state index in [0.717, 1.165) is 75.7 Å². The Hall–Kier alpha value is -2.50. The van der Waals surface area contributed by atoms with Crippen molar-refractivity contribution in [3.8, 4) is 0 Å². The largest absolute Gasteiger partial charge is 0.316 e. The molecule has 2 heterocycles. The van der Waals surface area contributed by atoms with Crippen LogP contribution in [-0.2, 0) is 12.8 Å². The molecule has 3 aromatic carbocycles. The summed E-state index contributed by atoms with van der Waals surface area (Å²) in [6.45, 7) is 7.07. The zero-order valence-electron chi connectivity index (χ0n) is 21.0. The van der Waals surface area contributed by atoms with Crippen molar-refractivity contribution < 1.29 is 4.79 Å². The maximum atomic E-state index is 12.9. The van der Waals surface area contributed by atoms with E-state index in [9.17, 15) is 4.79 Å². The third kappa shape index (κ3) is 6.24. The van der Waals surface area contributed by atoms with Crippen LogP contribution in [0, 0.1) is 0 Å². The highest BCUT2D eigenvalue weighted by molar-refractivity contribution is 6.30. The van der Waals surface area contributed by atoms with Gasteiger partial charge in [0.2, 0.25) is 0 Å². The molecule has 0 spiro atoms. The standard InChI is InChI=1S/C31H36ClN3O/c32-29-12-10-26(11-13-29)31(25-5-2-1-3-6-25)35-21-19-34(20-22-35)18-4-7-30(36)28-9-8-24-14-16-33-17-15-27(24)23-28/h1-3,5-6,8-13,23,31,33H,4,7,14-22H2. The average Bonchev–Trinajstić information content (AvgIpc) is 3.16. The second-order valence-corrected chi connectivity index (χ2v) is 10.4. The summed E-state index contributed by atoms with van der Waals surface area (Å²) in [5, 5.41) is 4.22. The molecule has 1 fully saturated rings. The molecule has 2 aliphatic rings. The molecule has 1 unspecified atom stereocenters. The fourth-order valence-corrected chi connectivity index (χ4v) is 5.72. The normalized spacial score (nSPS) is 17.8. The first-order valence-electron chi connectivity index (χ1n) is 13.3. The molecule has 1 atom stereocenters. The summed E-state index contributed by atoms with van der Waals surface area (Å²) in [4.78, 5) is 18.0. The molecule has 0 bridgehead atoms. The number of halogens is 1. The lowest BCUT2D eigenvalue weighted by Gasteiger charge is -2.39. The number of nitrogens with zero attached hydrogens (tertiary/aromatic N) is 2. The van der Waals surface area contributed by atoms with Gasteiger partial charge in [0, 0.05) is 43.2 Å². The van der Waals surface area contributed by atoms with Crippen LogP contribution in [0.15, 0.2) is 72.8 Å². The van der Waals surface area contributed by atoms with Crippen molar-refractivity contribution in [2.75, 3.05) is 45.8 Å². The highest BCUT2D eigenvalue weighted by atomic mass is 35.5. The second-order valence-electron chi connectivity index (χ2n) is 10.0. The van der Waals surface area contributed by atoms with Crippen LogP contribution in [0.1, 0.15) is 51.5 Å². The highest BCUT2D eigenvalue weighted by Crippen LogP contribution is 2.30. The van der Waals surface area contributed by atoms with E-state index in [1.807, 2.05) is 18.2 Å². The van der Waals surface area contributed by atoms with E-state index in [1.54, 1.807) is 0 Å². The maximum absolute atomic E-state index is 12.9. The Kier molecular flexibility index (Phi) is 8.50. The first-order chi connectivity index (χ1) is 17.7. The van der Waals surface area contributed by atoms with E-state index in [4.69, 9.17) is 11.6 Å². The van der Waals surface area contributed by atoms with Crippen molar-refractivity contribution in [1.82, 2.24) is 15.1 Å². The fraction of sp³-hybridized carbons (Fsp3) is 0.387. The summed E-state index contributed by atoms with van der Waals surface area (Å²) in [6, 6.07) is 25.6. The molecule has 1 saturated heterocycles. The Balaban J connectivity index is 1.14. The minimum absolute atomic E-state index is 0.232. The number of Topliss-reactive ketones (excluding diaryl/α,β-unsaturated/α-hetero) is 1. The van der Waals surface area contributed by atoms with Gasteiger partial charge < -0.3 is 10.2 Å². The molecule has 0 aliphatic carbocycles. The third-order valence-electron chi connectivity index (χ3n) is 7.62. The Morgan fingerprint density at radius 1 is 0.833 bits per heavy atom. The second kappa shape index (κ2) is 12.2. The minimum Gasteiger partial charge on any atom is -0.316 e. The van der Waals surface area contributed by atoms with Gasteiger partial charge in [-0.2, -0.15) is 0 Å². The summed E-state index contributed by atoms with van der Waals surface area (Å²) >= 11 is 6.17. The molecule has 5 rings (SSSR count). The number of benzene rings is 3. The summed E-state index contributed by atoms with van der Waals surface area (Å²) < 4.78 is 0. The number of hydrogen-bond acceptors (Lipinski definition) is 4. The Labute approximate surface area is 220 Å². The van der Waals surface area contributed by atoms with Gasteiger partial charge in [-0.1, -0.05) is 66.2 Å². The zero-order chi connectivity index (χ0) is 24.7. The predicted octanol–water partition coefficient (Wildman–Crippen LogP) is 5.40. The van der Waals surface area contributed by atoms with Crippen molar-refractivity contribution in [3.05, 3.63) is 106 Å². The van der Waals surface area contributed by atoms with Crippen LogP contribution >= 0.6 is 11.6 Å². The molecule has 0 aromatic heterocycles. The van der Waals surface area contributed by atoms with Crippen molar-refractivity contribution in [2.24, 2.45) is 0 Å². The smallest absolute Gasteiger partial charge is 0.162 e. The van der Waals surface area contributed by atoms with Gasteiger partial charge >= 0.3 is 0 Å². The zero-order valence-corrected chi connectivity index (χ0v) is 21.7. The first-order valence-corrected chi connectivity index (χ1v) is 13.7. The monoisotopic (exact) mass is 501 g/mol. The first kappa shape index (κ1) is 25.2. The number of hydrogen-bond donors (Lipinski definition) is 1. The molecule has 188 valence electrons. The molecule has 5 heteroatoms. The quantitative estimate of drug-likeness (QED) is 0.419. The van der Waals surface area contributed by atoms with Crippen LogP contribution in [0.3, 0.4) is 0 Å². The molecule has 2 aliphatic heterocycles. The lowest BCUT2D eigenvalue weighted by molar-refractivity contribution is 0.0942. The fourth-order valence-electron chi connectivity index (χ4n) is 5.59. The number of piperazine rings is 1. The van der Waals surface area contributed by atoms with Gasteiger partial charge in [-0.25, -0.2) is 0 Å². The molecule has 0 amide bonds. The summed E-state index contributed by atoms with van der Waals surface area (Å²) in [7, 11) is 0. The molecular formula is C31H36ClN3O. The lowest BCUT2D eigenvalue weighted by Crippen LogP contribution is -2.48. The van der Waals surface area contributed by atoms with Crippen molar-refractivity contribution in [1.29, 1.82) is 0 Å². The number of fused-ring (bicyclic) bond motifs is 1. The maximum Gasteiger partial charge on any atom is 0.162 e. The molecule has 4 nitrogen and oxygen atoms in total. The van der Waals surface area contributed by atoms with E-state index < -0.39 is 0 Å². The molecular weight excluding hydrogens is 466 g/mol. The van der Waals surface area contributed by atoms with Crippen molar-refractivity contribution in [3.63, 3.8) is 0 Å². The van der Waals surface area contributed by atoms with Gasteiger partial charge in [0.1, 0.15) is 0 Å². The molecule has 3 aromatic rings. The topological polar surface area (TPSA) is 35.6 Å². The van der Waals surface area contributed by atoms with E-state index in [0.29, 0.717) is 6.42 Å². The van der Waals surface area contributed by atoms with Gasteiger partial charge in [-0.15, -0.1) is 0 Å².